The fraction of sp³-hybridized carbons (Fsp3) is 0.917. The molecule has 0 radical (unpaired) electrons. The summed E-state index contributed by atoms with van der Waals surface area (Å²) < 4.78 is 10.7. The van der Waals surface area contributed by atoms with Crippen LogP contribution in [0.5, 0.6) is 0 Å². The van der Waals surface area contributed by atoms with E-state index in [9.17, 15) is 4.79 Å². The minimum Gasteiger partial charge on any atom is -0.444 e. The fourth-order valence-electron chi connectivity index (χ4n) is 1.86. The van der Waals surface area contributed by atoms with Crippen LogP contribution in [-0.2, 0) is 9.47 Å². The van der Waals surface area contributed by atoms with E-state index in [1.165, 1.54) is 0 Å². The number of amides is 1. The smallest absolute Gasteiger partial charge is 0.410 e. The van der Waals surface area contributed by atoms with E-state index in [0.29, 0.717) is 19.8 Å². The summed E-state index contributed by atoms with van der Waals surface area (Å²) in [5.41, 5.74) is 5.17. The first kappa shape index (κ1) is 14.3. The third-order valence-electron chi connectivity index (χ3n) is 2.72. The Morgan fingerprint density at radius 3 is 2.65 bits per heavy atom. The van der Waals surface area contributed by atoms with Crippen LogP contribution in [0.25, 0.3) is 0 Å². The quantitative estimate of drug-likeness (QED) is 0.814. The largest absolute Gasteiger partial charge is 0.444 e. The molecule has 0 saturated carbocycles. The molecule has 2 atom stereocenters. The van der Waals surface area contributed by atoms with Crippen LogP contribution in [0.4, 0.5) is 4.79 Å². The maximum absolute atomic E-state index is 12.1. The lowest BCUT2D eigenvalue weighted by atomic mass is 10.1. The average Bonchev–Trinajstić information content (AvgIpc) is 2.68. The third kappa shape index (κ3) is 4.16. The standard InChI is InChI=1S/C12H24N2O3/c1-9(7-13)14(10-5-6-16-8-10)11(15)17-12(2,3)4/h9-10H,5-8,13H2,1-4H3. The first-order valence-corrected chi connectivity index (χ1v) is 6.14. The van der Waals surface area contributed by atoms with Crippen LogP contribution in [0.2, 0.25) is 0 Å². The predicted octanol–water partition coefficient (Wildman–Crippen LogP) is 1.36. The lowest BCUT2D eigenvalue weighted by Gasteiger charge is -2.34. The molecule has 1 aliphatic heterocycles. The SMILES string of the molecule is CC(CN)N(C(=O)OC(C)(C)C)C1CCOC1. The molecule has 1 rings (SSSR count). The molecule has 2 unspecified atom stereocenters. The van der Waals surface area contributed by atoms with E-state index >= 15 is 0 Å². The number of ether oxygens (including phenoxy) is 2. The summed E-state index contributed by atoms with van der Waals surface area (Å²) >= 11 is 0. The minimum absolute atomic E-state index is 0.0310. The van der Waals surface area contributed by atoms with Crippen molar-refractivity contribution >= 4 is 6.09 Å². The highest BCUT2D eigenvalue weighted by molar-refractivity contribution is 5.69. The van der Waals surface area contributed by atoms with Crippen LogP contribution in [-0.4, -0.2) is 48.4 Å². The summed E-state index contributed by atoms with van der Waals surface area (Å²) in [6.07, 6.45) is 0.551. The zero-order valence-corrected chi connectivity index (χ0v) is 11.2. The number of hydrogen-bond acceptors (Lipinski definition) is 4. The summed E-state index contributed by atoms with van der Waals surface area (Å²) in [6, 6.07) is 0.0555. The Morgan fingerprint density at radius 1 is 1.59 bits per heavy atom. The normalized spacial score (nSPS) is 22.3. The maximum Gasteiger partial charge on any atom is 0.410 e. The molecule has 17 heavy (non-hydrogen) atoms. The maximum atomic E-state index is 12.1. The molecule has 0 bridgehead atoms. The third-order valence-corrected chi connectivity index (χ3v) is 2.72. The summed E-state index contributed by atoms with van der Waals surface area (Å²) in [5.74, 6) is 0. The van der Waals surface area contributed by atoms with E-state index in [-0.39, 0.29) is 18.2 Å². The van der Waals surface area contributed by atoms with Crippen molar-refractivity contribution in [3.8, 4) is 0 Å². The van der Waals surface area contributed by atoms with Gasteiger partial charge in [-0.05, 0) is 34.1 Å². The number of nitrogens with two attached hydrogens (primary N) is 1. The topological polar surface area (TPSA) is 64.8 Å². The molecular formula is C12H24N2O3. The van der Waals surface area contributed by atoms with Gasteiger partial charge in [-0.3, -0.25) is 4.90 Å². The molecule has 1 heterocycles. The van der Waals surface area contributed by atoms with E-state index in [0.717, 1.165) is 6.42 Å². The van der Waals surface area contributed by atoms with E-state index in [2.05, 4.69) is 0 Å². The summed E-state index contributed by atoms with van der Waals surface area (Å²) in [4.78, 5) is 13.9. The van der Waals surface area contributed by atoms with Gasteiger partial charge in [-0.2, -0.15) is 0 Å². The van der Waals surface area contributed by atoms with Gasteiger partial charge in [-0.25, -0.2) is 4.79 Å². The van der Waals surface area contributed by atoms with Gasteiger partial charge in [0.2, 0.25) is 0 Å². The Morgan fingerprint density at radius 2 is 2.24 bits per heavy atom. The van der Waals surface area contributed by atoms with Crippen LogP contribution in [0, 0.1) is 0 Å². The molecule has 0 aromatic heterocycles. The van der Waals surface area contributed by atoms with Crippen molar-refractivity contribution in [1.29, 1.82) is 0 Å². The molecule has 0 aromatic rings. The van der Waals surface area contributed by atoms with Gasteiger partial charge >= 0.3 is 6.09 Å². The van der Waals surface area contributed by atoms with Crippen LogP contribution < -0.4 is 5.73 Å². The molecule has 1 aliphatic rings. The van der Waals surface area contributed by atoms with Crippen LogP contribution in [0.3, 0.4) is 0 Å². The second-order valence-corrected chi connectivity index (χ2v) is 5.49. The van der Waals surface area contributed by atoms with Gasteiger partial charge in [0, 0.05) is 19.2 Å². The first-order chi connectivity index (χ1) is 7.85. The van der Waals surface area contributed by atoms with Crippen molar-refractivity contribution in [2.75, 3.05) is 19.8 Å². The minimum atomic E-state index is -0.483. The highest BCUT2D eigenvalue weighted by atomic mass is 16.6. The highest BCUT2D eigenvalue weighted by Gasteiger charge is 2.33. The summed E-state index contributed by atoms with van der Waals surface area (Å²) in [5, 5.41) is 0. The van der Waals surface area contributed by atoms with E-state index in [4.69, 9.17) is 15.2 Å². The highest BCUT2D eigenvalue weighted by Crippen LogP contribution is 2.19. The zero-order chi connectivity index (χ0) is 13.1. The van der Waals surface area contributed by atoms with Gasteiger partial charge in [0.05, 0.1) is 12.6 Å². The first-order valence-electron chi connectivity index (χ1n) is 6.14. The second kappa shape index (κ2) is 5.69. The van der Waals surface area contributed by atoms with Gasteiger partial charge in [0.1, 0.15) is 5.60 Å². The van der Waals surface area contributed by atoms with Gasteiger partial charge in [-0.1, -0.05) is 0 Å². The molecule has 1 saturated heterocycles. The Labute approximate surface area is 103 Å². The Hall–Kier alpha value is -0.810. The van der Waals surface area contributed by atoms with Crippen molar-refractivity contribution in [2.45, 2.75) is 51.8 Å². The zero-order valence-electron chi connectivity index (χ0n) is 11.2. The Bertz CT molecular complexity index is 257. The predicted molar refractivity (Wildman–Crippen MR) is 65.8 cm³/mol. The van der Waals surface area contributed by atoms with E-state index in [1.807, 2.05) is 27.7 Å². The monoisotopic (exact) mass is 244 g/mol. The van der Waals surface area contributed by atoms with Crippen molar-refractivity contribution < 1.29 is 14.3 Å². The number of hydrogen-bond donors (Lipinski definition) is 1. The van der Waals surface area contributed by atoms with Gasteiger partial charge < -0.3 is 15.2 Å². The van der Waals surface area contributed by atoms with Gasteiger partial charge in [-0.15, -0.1) is 0 Å². The van der Waals surface area contributed by atoms with Crippen LogP contribution in [0.15, 0.2) is 0 Å². The lowest BCUT2D eigenvalue weighted by molar-refractivity contribution is 0.00616. The number of carbonyl (C=O) groups is 1. The second-order valence-electron chi connectivity index (χ2n) is 5.49. The molecule has 5 heteroatoms. The van der Waals surface area contributed by atoms with Crippen molar-refractivity contribution in [3.05, 3.63) is 0 Å². The average molecular weight is 244 g/mol. The van der Waals surface area contributed by atoms with Crippen molar-refractivity contribution in [3.63, 3.8) is 0 Å². The molecule has 0 spiro atoms. The van der Waals surface area contributed by atoms with E-state index in [1.54, 1.807) is 4.90 Å². The lowest BCUT2D eigenvalue weighted by Crippen LogP contribution is -2.51. The molecular weight excluding hydrogens is 220 g/mol. The molecule has 0 aromatic carbocycles. The number of nitrogens with zero attached hydrogens (tertiary/aromatic N) is 1. The molecule has 1 amide bonds. The van der Waals surface area contributed by atoms with E-state index < -0.39 is 5.60 Å². The Balaban J connectivity index is 2.71. The molecule has 100 valence electrons. The molecule has 2 N–H and O–H groups in total. The molecule has 5 nitrogen and oxygen atoms in total. The van der Waals surface area contributed by atoms with Crippen molar-refractivity contribution in [1.82, 2.24) is 4.90 Å². The van der Waals surface area contributed by atoms with Gasteiger partial charge in [0.15, 0.2) is 0 Å². The number of rotatable bonds is 3. The Kier molecular flexibility index (Phi) is 4.77. The fourth-order valence-corrected chi connectivity index (χ4v) is 1.86. The van der Waals surface area contributed by atoms with Crippen LogP contribution in [0.1, 0.15) is 34.1 Å². The number of carbonyl (C=O) groups excluding carboxylic acids is 1. The molecule has 0 aliphatic carbocycles. The summed E-state index contributed by atoms with van der Waals surface area (Å²) in [7, 11) is 0. The van der Waals surface area contributed by atoms with Crippen molar-refractivity contribution in [2.24, 2.45) is 5.73 Å². The van der Waals surface area contributed by atoms with Gasteiger partial charge in [0.25, 0.3) is 0 Å². The molecule has 1 fully saturated rings. The summed E-state index contributed by atoms with van der Waals surface area (Å²) in [6.45, 7) is 9.22. The van der Waals surface area contributed by atoms with Crippen LogP contribution >= 0.6 is 0 Å².